The summed E-state index contributed by atoms with van der Waals surface area (Å²) in [6, 6.07) is 9.39. The minimum absolute atomic E-state index is 0.353. The van der Waals surface area contributed by atoms with E-state index in [0.29, 0.717) is 18.0 Å². The van der Waals surface area contributed by atoms with E-state index in [4.69, 9.17) is 4.74 Å². The van der Waals surface area contributed by atoms with Crippen LogP contribution in [0.5, 0.6) is 5.75 Å². The second-order valence-corrected chi connectivity index (χ2v) is 6.33. The van der Waals surface area contributed by atoms with E-state index in [1.165, 1.54) is 23.4 Å². The number of ether oxygens (including phenoxy) is 1. The molecule has 1 unspecified atom stereocenters. The van der Waals surface area contributed by atoms with Crippen molar-refractivity contribution >= 4 is 11.3 Å². The molecule has 0 bridgehead atoms. The third-order valence-electron chi connectivity index (χ3n) is 4.01. The van der Waals surface area contributed by atoms with Gasteiger partial charge in [-0.25, -0.2) is 4.98 Å². The molecule has 106 valence electrons. The molecule has 2 aromatic rings. The van der Waals surface area contributed by atoms with Crippen molar-refractivity contribution in [3.63, 3.8) is 0 Å². The number of hydrogen-bond acceptors (Lipinski definition) is 4. The van der Waals surface area contributed by atoms with Gasteiger partial charge in [-0.05, 0) is 43.4 Å². The smallest absolute Gasteiger partial charge is 0.119 e. The lowest BCUT2D eigenvalue weighted by Crippen LogP contribution is -2.41. The van der Waals surface area contributed by atoms with Crippen LogP contribution in [-0.2, 0) is 0 Å². The topological polar surface area (TPSA) is 34.1 Å². The highest BCUT2D eigenvalue weighted by atomic mass is 32.1. The third-order valence-corrected chi connectivity index (χ3v) is 4.97. The summed E-state index contributed by atoms with van der Waals surface area (Å²) in [6.07, 6.45) is 4.27. The molecule has 1 N–H and O–H groups in total. The van der Waals surface area contributed by atoms with Crippen molar-refractivity contribution < 1.29 is 4.74 Å². The Labute approximate surface area is 124 Å². The summed E-state index contributed by atoms with van der Waals surface area (Å²) in [6.45, 7) is 2.19. The number of thiazole rings is 1. The van der Waals surface area contributed by atoms with Gasteiger partial charge in [-0.3, -0.25) is 0 Å². The van der Waals surface area contributed by atoms with Crippen molar-refractivity contribution in [3.05, 3.63) is 46.4 Å². The molecule has 1 aromatic heterocycles. The molecule has 1 saturated carbocycles. The maximum atomic E-state index is 5.29. The Hall–Kier alpha value is -1.39. The lowest BCUT2D eigenvalue weighted by molar-refractivity contribution is 0.270. The van der Waals surface area contributed by atoms with E-state index < -0.39 is 0 Å². The Morgan fingerprint density at radius 3 is 2.95 bits per heavy atom. The number of benzene rings is 1. The lowest BCUT2D eigenvalue weighted by atomic mass is 9.75. The van der Waals surface area contributed by atoms with Crippen molar-refractivity contribution in [2.75, 3.05) is 7.11 Å². The number of nitrogens with zero attached hydrogens (tertiary/aromatic N) is 1. The third kappa shape index (κ3) is 2.86. The molecule has 20 heavy (non-hydrogen) atoms. The van der Waals surface area contributed by atoms with E-state index in [1.54, 1.807) is 18.4 Å². The van der Waals surface area contributed by atoms with Gasteiger partial charge in [0.2, 0.25) is 0 Å². The zero-order valence-electron chi connectivity index (χ0n) is 11.9. The van der Waals surface area contributed by atoms with E-state index in [9.17, 15) is 0 Å². The fourth-order valence-corrected chi connectivity index (χ4v) is 3.45. The van der Waals surface area contributed by atoms with Gasteiger partial charge in [0.05, 0.1) is 13.2 Å². The van der Waals surface area contributed by atoms with Crippen LogP contribution in [0, 0.1) is 0 Å². The summed E-state index contributed by atoms with van der Waals surface area (Å²) < 4.78 is 5.29. The quantitative estimate of drug-likeness (QED) is 0.910. The van der Waals surface area contributed by atoms with Crippen LogP contribution in [0.3, 0.4) is 0 Å². The molecule has 0 aliphatic heterocycles. The maximum Gasteiger partial charge on any atom is 0.119 e. The normalized spacial score (nSPS) is 23.1. The fraction of sp³-hybridized carbons (Fsp3) is 0.438. The Morgan fingerprint density at radius 2 is 2.25 bits per heavy atom. The zero-order valence-corrected chi connectivity index (χ0v) is 12.7. The second kappa shape index (κ2) is 5.94. The maximum absolute atomic E-state index is 5.29. The molecular weight excluding hydrogens is 268 g/mol. The minimum Gasteiger partial charge on any atom is -0.497 e. The Kier molecular flexibility index (Phi) is 4.03. The van der Waals surface area contributed by atoms with Crippen molar-refractivity contribution in [1.29, 1.82) is 0 Å². The van der Waals surface area contributed by atoms with E-state index in [2.05, 4.69) is 35.4 Å². The molecule has 1 fully saturated rings. The first kappa shape index (κ1) is 13.6. The number of aromatic nitrogens is 1. The van der Waals surface area contributed by atoms with Crippen LogP contribution in [0.2, 0.25) is 0 Å². The van der Waals surface area contributed by atoms with Gasteiger partial charge in [-0.2, -0.15) is 0 Å². The molecule has 0 saturated heterocycles. The summed E-state index contributed by atoms with van der Waals surface area (Å²) in [5.41, 5.74) is 1.39. The molecular formula is C16H20N2OS. The van der Waals surface area contributed by atoms with Gasteiger partial charge in [-0.15, -0.1) is 11.3 Å². The average Bonchev–Trinajstić information content (AvgIpc) is 2.96. The lowest BCUT2D eigenvalue weighted by Gasteiger charge is -2.38. The summed E-state index contributed by atoms with van der Waals surface area (Å²) in [7, 11) is 1.72. The average molecular weight is 288 g/mol. The first-order valence-electron chi connectivity index (χ1n) is 7.05. The Balaban J connectivity index is 1.53. The first-order valence-corrected chi connectivity index (χ1v) is 7.93. The van der Waals surface area contributed by atoms with Crippen molar-refractivity contribution in [3.8, 4) is 5.75 Å². The largest absolute Gasteiger partial charge is 0.497 e. The van der Waals surface area contributed by atoms with Crippen LogP contribution >= 0.6 is 11.3 Å². The Bertz CT molecular complexity index is 549. The van der Waals surface area contributed by atoms with E-state index in [-0.39, 0.29) is 0 Å². The second-order valence-electron chi connectivity index (χ2n) is 5.40. The van der Waals surface area contributed by atoms with Crippen LogP contribution in [-0.4, -0.2) is 18.1 Å². The van der Waals surface area contributed by atoms with E-state index in [0.717, 1.165) is 5.75 Å². The molecule has 4 heteroatoms. The number of rotatable bonds is 5. The molecule has 1 heterocycles. The number of hydrogen-bond donors (Lipinski definition) is 1. The summed E-state index contributed by atoms with van der Waals surface area (Å²) in [5.74, 6) is 1.61. The molecule has 1 atom stereocenters. The van der Waals surface area contributed by atoms with Gasteiger partial charge in [0.15, 0.2) is 0 Å². The monoisotopic (exact) mass is 288 g/mol. The zero-order chi connectivity index (χ0) is 13.9. The predicted octanol–water partition coefficient (Wildman–Crippen LogP) is 3.75. The van der Waals surface area contributed by atoms with Crippen molar-refractivity contribution in [2.24, 2.45) is 0 Å². The molecule has 0 radical (unpaired) electrons. The van der Waals surface area contributed by atoms with E-state index >= 15 is 0 Å². The molecule has 0 amide bonds. The molecule has 3 rings (SSSR count). The standard InChI is InChI=1S/C16H20N2OS/c1-11(16-17-6-7-20-16)18-14-8-13(9-14)12-4-3-5-15(10-12)19-2/h3-7,10-11,13-14,18H,8-9H2,1-2H3. The number of nitrogens with one attached hydrogen (secondary N) is 1. The molecule has 1 aliphatic carbocycles. The first-order chi connectivity index (χ1) is 9.76. The molecule has 1 aliphatic rings. The molecule has 3 nitrogen and oxygen atoms in total. The van der Waals surface area contributed by atoms with Gasteiger partial charge in [-0.1, -0.05) is 12.1 Å². The highest BCUT2D eigenvalue weighted by Crippen LogP contribution is 2.38. The Morgan fingerprint density at radius 1 is 1.40 bits per heavy atom. The van der Waals surface area contributed by atoms with E-state index in [1.807, 2.05) is 17.6 Å². The van der Waals surface area contributed by atoms with Gasteiger partial charge >= 0.3 is 0 Å². The predicted molar refractivity (Wildman–Crippen MR) is 82.4 cm³/mol. The molecule has 1 aromatic carbocycles. The van der Waals surface area contributed by atoms with Crippen LogP contribution in [0.15, 0.2) is 35.8 Å². The van der Waals surface area contributed by atoms with Crippen LogP contribution in [0.4, 0.5) is 0 Å². The van der Waals surface area contributed by atoms with Crippen LogP contribution in [0.1, 0.15) is 42.3 Å². The van der Waals surface area contributed by atoms with Crippen LogP contribution < -0.4 is 10.1 Å². The van der Waals surface area contributed by atoms with Crippen molar-refractivity contribution in [1.82, 2.24) is 10.3 Å². The summed E-state index contributed by atoms with van der Waals surface area (Å²) >= 11 is 1.72. The van der Waals surface area contributed by atoms with Gasteiger partial charge < -0.3 is 10.1 Å². The SMILES string of the molecule is COc1cccc(C2CC(NC(C)c3nccs3)C2)c1. The van der Waals surface area contributed by atoms with Crippen molar-refractivity contribution in [2.45, 2.75) is 37.8 Å². The highest BCUT2D eigenvalue weighted by Gasteiger charge is 2.31. The van der Waals surface area contributed by atoms with Gasteiger partial charge in [0.25, 0.3) is 0 Å². The highest BCUT2D eigenvalue weighted by molar-refractivity contribution is 7.09. The molecule has 0 spiro atoms. The number of methoxy groups -OCH3 is 1. The minimum atomic E-state index is 0.353. The summed E-state index contributed by atoms with van der Waals surface area (Å²) in [4.78, 5) is 4.37. The van der Waals surface area contributed by atoms with Crippen LogP contribution in [0.25, 0.3) is 0 Å². The van der Waals surface area contributed by atoms with Gasteiger partial charge in [0.1, 0.15) is 10.8 Å². The fourth-order valence-electron chi connectivity index (χ4n) is 2.79. The van der Waals surface area contributed by atoms with Gasteiger partial charge in [0, 0.05) is 17.6 Å². The summed E-state index contributed by atoms with van der Waals surface area (Å²) in [5, 5.41) is 6.87.